The highest BCUT2D eigenvalue weighted by molar-refractivity contribution is 8.01. The molecule has 4 rings (SSSR count). The van der Waals surface area contributed by atoms with Gasteiger partial charge in [-0.3, -0.25) is 19.6 Å². The van der Waals surface area contributed by atoms with Crippen molar-refractivity contribution in [2.75, 3.05) is 11.5 Å². The summed E-state index contributed by atoms with van der Waals surface area (Å²) < 4.78 is 4.94. The van der Waals surface area contributed by atoms with Gasteiger partial charge in [0.25, 0.3) is 11.8 Å². The van der Waals surface area contributed by atoms with Gasteiger partial charge in [-0.1, -0.05) is 16.9 Å². The molecule has 0 bridgehead atoms. The van der Waals surface area contributed by atoms with E-state index in [0.29, 0.717) is 16.5 Å². The van der Waals surface area contributed by atoms with Crippen LogP contribution >= 0.6 is 23.5 Å². The quantitative estimate of drug-likeness (QED) is 0.0640. The molecule has 0 aliphatic carbocycles. The number of H-pyrrole nitrogens is 2. The van der Waals surface area contributed by atoms with Crippen LogP contribution in [0.15, 0.2) is 21.8 Å². The molecule has 2 aromatic heterocycles. The number of hydrogen-bond acceptors (Lipinski definition) is 14. The number of carbonyl (C=O) groups excluding carboxylic acids is 2. The van der Waals surface area contributed by atoms with Crippen molar-refractivity contribution >= 4 is 53.2 Å². The molecule has 2 aliphatic rings. The molecule has 0 spiro atoms. The van der Waals surface area contributed by atoms with Gasteiger partial charge in [-0.15, -0.1) is 27.1 Å². The molecule has 7 N–H and O–H groups in total. The Hall–Kier alpha value is -3.87. The zero-order valence-corrected chi connectivity index (χ0v) is 18.1. The molecule has 0 saturated carbocycles. The molecule has 1 saturated heterocycles. The lowest BCUT2D eigenvalue weighted by Crippen LogP contribution is -2.70. The molecule has 174 valence electrons. The average Bonchev–Trinajstić information content (AvgIpc) is 3.43. The Morgan fingerprint density at radius 1 is 1.45 bits per heavy atom. The van der Waals surface area contributed by atoms with Crippen molar-refractivity contribution < 1.29 is 29.4 Å². The highest BCUT2D eigenvalue weighted by atomic mass is 32.2. The highest BCUT2D eigenvalue weighted by Crippen LogP contribution is 2.43. The summed E-state index contributed by atoms with van der Waals surface area (Å²) in [4.78, 5) is 41.5. The van der Waals surface area contributed by atoms with Crippen LogP contribution in [0.2, 0.25) is 0 Å². The van der Waals surface area contributed by atoms with Crippen molar-refractivity contribution in [1.29, 1.82) is 0 Å². The van der Waals surface area contributed by atoms with E-state index in [2.05, 4.69) is 46.3 Å². The lowest BCUT2D eigenvalue weighted by Gasteiger charge is -2.49. The number of aromatic nitrogens is 7. The maximum absolute atomic E-state index is 12.8. The van der Waals surface area contributed by atoms with Gasteiger partial charge in [-0.2, -0.15) is 10.2 Å². The van der Waals surface area contributed by atoms with Crippen LogP contribution in [0.1, 0.15) is 12.7 Å². The molecule has 2 aromatic rings. The lowest BCUT2D eigenvalue weighted by atomic mass is 10.0. The number of nitrogens with zero attached hydrogens (tertiary/aromatic N) is 7. The second-order valence-electron chi connectivity index (χ2n) is 6.50. The van der Waals surface area contributed by atoms with E-state index >= 15 is 0 Å². The van der Waals surface area contributed by atoms with E-state index in [9.17, 15) is 24.7 Å². The number of nitrogens with one attached hydrogen (secondary N) is 3. The number of nitrogen functional groups attached to an aromatic ring is 1. The Morgan fingerprint density at radius 3 is 2.85 bits per heavy atom. The molecule has 2 amide bonds. The number of carbonyl (C=O) groups is 3. The van der Waals surface area contributed by atoms with Crippen LogP contribution < -0.4 is 11.1 Å². The summed E-state index contributed by atoms with van der Waals surface area (Å²) in [5, 5.41) is 42.4. The number of tetrazole rings is 1. The lowest BCUT2D eigenvalue weighted by molar-refractivity contribution is -0.148. The first kappa shape index (κ1) is 22.3. The van der Waals surface area contributed by atoms with Crippen LogP contribution in [-0.4, -0.2) is 97.1 Å². The SMILES string of the molecule is CC(Sc1nn[nH]n1)C1=C(OC(=O)O)N2C(=O)[C@@H](NC(=O)C(=NO)c3nc(N)n[nH]3)[C@@H]2SC1. The van der Waals surface area contributed by atoms with Crippen molar-refractivity contribution in [3.8, 4) is 0 Å². The monoisotopic (exact) mass is 497 g/mol. The number of hydrogen-bond donors (Lipinski definition) is 6. The van der Waals surface area contributed by atoms with Crippen LogP contribution in [-0.2, 0) is 14.3 Å². The van der Waals surface area contributed by atoms with Gasteiger partial charge in [-0.25, -0.2) is 4.79 Å². The standard InChI is InChI=1S/C14H15N11O6S2/c1-3(33-13-20-23-24-21-13)4-2-32-11-6(9(27)25(11)10(4)31-14(28)29)16-8(26)5(22-30)7-17-12(15)19-18-7/h3,6,11,30H,2H2,1H3,(H,16,26)(H,28,29)(H3,15,17,18,19)(H,20,21,23,24)/t3?,6-,11+/m1/s1. The van der Waals surface area contributed by atoms with E-state index < -0.39 is 35.1 Å². The normalized spacial score (nSPS) is 21.3. The molecule has 1 unspecified atom stereocenters. The van der Waals surface area contributed by atoms with Gasteiger partial charge in [0.2, 0.25) is 22.7 Å². The third-order valence-corrected chi connectivity index (χ3v) is 6.88. The molecule has 17 nitrogen and oxygen atoms in total. The number of carboxylic acid groups (broad SMARTS) is 1. The van der Waals surface area contributed by atoms with Gasteiger partial charge in [0.15, 0.2) is 5.82 Å². The summed E-state index contributed by atoms with van der Waals surface area (Å²) in [6.07, 6.45) is -1.59. The predicted molar refractivity (Wildman–Crippen MR) is 110 cm³/mol. The van der Waals surface area contributed by atoms with Crippen molar-refractivity contribution in [2.45, 2.75) is 28.7 Å². The molecule has 1 fully saturated rings. The largest absolute Gasteiger partial charge is 0.512 e. The van der Waals surface area contributed by atoms with Gasteiger partial charge in [0, 0.05) is 16.6 Å². The third kappa shape index (κ3) is 4.26. The summed E-state index contributed by atoms with van der Waals surface area (Å²) in [6, 6.07) is -1.03. The smallest absolute Gasteiger partial charge is 0.449 e. The number of β-lactam (4-membered cyclic amide) rings is 1. The number of fused-ring (bicyclic) bond motifs is 1. The minimum Gasteiger partial charge on any atom is -0.449 e. The Labute approximate surface area is 191 Å². The third-order valence-electron chi connectivity index (χ3n) is 4.56. The topological polar surface area (TPSA) is 251 Å². The molecular formula is C14H15N11O6S2. The van der Waals surface area contributed by atoms with E-state index in [4.69, 9.17) is 10.5 Å². The van der Waals surface area contributed by atoms with E-state index in [-0.39, 0.29) is 22.9 Å². The maximum Gasteiger partial charge on any atom is 0.512 e. The first-order valence-corrected chi connectivity index (χ1v) is 10.9. The van der Waals surface area contributed by atoms with E-state index in [1.165, 1.54) is 23.5 Å². The van der Waals surface area contributed by atoms with Crippen molar-refractivity contribution in [2.24, 2.45) is 5.16 Å². The molecule has 0 aromatic carbocycles. The molecule has 33 heavy (non-hydrogen) atoms. The minimum atomic E-state index is -1.59. The highest BCUT2D eigenvalue weighted by Gasteiger charge is 2.55. The van der Waals surface area contributed by atoms with Crippen molar-refractivity contribution in [1.82, 2.24) is 46.0 Å². The van der Waals surface area contributed by atoms with Gasteiger partial charge in [-0.05, 0) is 12.1 Å². The van der Waals surface area contributed by atoms with Crippen LogP contribution in [0.5, 0.6) is 0 Å². The number of amides is 2. The Balaban J connectivity index is 1.52. The number of nitrogens with two attached hydrogens (primary N) is 1. The van der Waals surface area contributed by atoms with E-state index in [1.54, 1.807) is 6.92 Å². The summed E-state index contributed by atoms with van der Waals surface area (Å²) in [5.41, 5.74) is 5.38. The first-order chi connectivity index (χ1) is 15.8. The van der Waals surface area contributed by atoms with Crippen LogP contribution in [0.3, 0.4) is 0 Å². The summed E-state index contributed by atoms with van der Waals surface area (Å²) in [6.45, 7) is 1.78. The fraction of sp³-hybridized carbons (Fsp3) is 0.357. The van der Waals surface area contributed by atoms with Gasteiger partial charge < -0.3 is 26.1 Å². The minimum absolute atomic E-state index is 0.135. The zero-order valence-electron chi connectivity index (χ0n) is 16.5. The van der Waals surface area contributed by atoms with E-state index in [1.807, 2.05) is 0 Å². The van der Waals surface area contributed by atoms with E-state index in [0.717, 1.165) is 4.90 Å². The number of aromatic amines is 2. The van der Waals surface area contributed by atoms with Crippen LogP contribution in [0.4, 0.5) is 10.7 Å². The van der Waals surface area contributed by atoms with Crippen LogP contribution in [0, 0.1) is 0 Å². The second kappa shape index (κ2) is 8.94. The average molecular weight is 497 g/mol. The number of oxime groups is 1. The number of rotatable bonds is 7. The summed E-state index contributed by atoms with van der Waals surface area (Å²) in [5.74, 6) is -1.73. The zero-order chi connectivity index (χ0) is 23.7. The molecular weight excluding hydrogens is 482 g/mol. The number of ether oxygens (including phenoxy) is 1. The predicted octanol–water partition coefficient (Wildman–Crippen LogP) is -1.43. The van der Waals surface area contributed by atoms with Crippen LogP contribution in [0.25, 0.3) is 0 Å². The Morgan fingerprint density at radius 2 is 2.24 bits per heavy atom. The Bertz CT molecular complexity index is 1150. The maximum atomic E-state index is 12.8. The first-order valence-electron chi connectivity index (χ1n) is 9.00. The van der Waals surface area contributed by atoms with Crippen molar-refractivity contribution in [3.05, 3.63) is 17.3 Å². The number of anilines is 1. The second-order valence-corrected chi connectivity index (χ2v) is 8.92. The molecule has 4 heterocycles. The van der Waals surface area contributed by atoms with Gasteiger partial charge in [0.1, 0.15) is 11.4 Å². The molecule has 19 heteroatoms. The fourth-order valence-electron chi connectivity index (χ4n) is 3.09. The molecule has 0 radical (unpaired) electrons. The van der Waals surface area contributed by atoms with Gasteiger partial charge >= 0.3 is 6.16 Å². The Kier molecular flexibility index (Phi) is 6.05. The van der Waals surface area contributed by atoms with Crippen molar-refractivity contribution in [3.63, 3.8) is 0 Å². The molecule has 3 atom stereocenters. The summed E-state index contributed by atoms with van der Waals surface area (Å²) >= 11 is 2.49. The molecule has 2 aliphatic heterocycles. The number of thioether (sulfide) groups is 2. The fourth-order valence-corrected chi connectivity index (χ4v) is 5.47. The summed E-state index contributed by atoms with van der Waals surface area (Å²) in [7, 11) is 0. The van der Waals surface area contributed by atoms with Gasteiger partial charge in [0.05, 0.1) is 0 Å².